The number of alkyl halides is 3. The number of rotatable bonds is 8. The fraction of sp³-hybridized carbons (Fsp3) is 0.560. The van der Waals surface area contributed by atoms with E-state index in [4.69, 9.17) is 27.9 Å². The molecule has 0 bridgehead atoms. The van der Waals surface area contributed by atoms with Gasteiger partial charge in [-0.15, -0.1) is 0 Å². The Kier molecular flexibility index (Phi) is 8.04. The Labute approximate surface area is 232 Å². The molecule has 1 amide bonds. The molecule has 4 rings (SSSR count). The number of ether oxygens (including phenoxy) is 1. The number of amides is 1. The Morgan fingerprint density at radius 1 is 1.15 bits per heavy atom. The molecule has 3 heterocycles. The third-order valence-corrected chi connectivity index (χ3v) is 8.33. The molecule has 2 aromatic heterocycles. The summed E-state index contributed by atoms with van der Waals surface area (Å²) >= 11 is 12.2. The summed E-state index contributed by atoms with van der Waals surface area (Å²) in [6, 6.07) is -1.62. The Hall–Kier alpha value is -2.70. The number of nitrogens with zero attached hydrogens (tertiary/aromatic N) is 3. The summed E-state index contributed by atoms with van der Waals surface area (Å²) in [4.78, 5) is 41.8. The van der Waals surface area contributed by atoms with Crippen molar-refractivity contribution in [2.75, 3.05) is 13.2 Å². The maximum atomic E-state index is 14.3. The summed E-state index contributed by atoms with van der Waals surface area (Å²) in [6.07, 6.45) is -1.18. The lowest BCUT2D eigenvalue weighted by atomic mass is 9.74. The van der Waals surface area contributed by atoms with Crippen LogP contribution in [0.2, 0.25) is 10.0 Å². The number of halogens is 5. The Morgan fingerprint density at radius 2 is 1.74 bits per heavy atom. The molecule has 9 nitrogen and oxygen atoms in total. The van der Waals surface area contributed by atoms with Crippen LogP contribution in [-0.2, 0) is 15.7 Å². The highest BCUT2D eigenvalue weighted by Crippen LogP contribution is 2.43. The molecule has 1 saturated heterocycles. The number of hydrogen-bond acceptors (Lipinski definition) is 6. The van der Waals surface area contributed by atoms with Gasteiger partial charge in [-0.1, -0.05) is 30.1 Å². The molecule has 0 spiro atoms. The van der Waals surface area contributed by atoms with Gasteiger partial charge in [0.15, 0.2) is 11.5 Å². The molecule has 0 radical (unpaired) electrons. The van der Waals surface area contributed by atoms with E-state index in [-0.39, 0.29) is 60.9 Å². The number of aliphatic carboxylic acids is 1. The number of hydrogen-bond donors (Lipinski definition) is 2. The zero-order valence-electron chi connectivity index (χ0n) is 21.1. The molecule has 1 aliphatic heterocycles. The van der Waals surface area contributed by atoms with Gasteiger partial charge in [-0.2, -0.15) is 18.3 Å². The average molecular weight is 591 g/mol. The molecule has 2 aromatic rings. The maximum absolute atomic E-state index is 14.3. The lowest BCUT2D eigenvalue weighted by Gasteiger charge is -2.44. The highest BCUT2D eigenvalue weighted by Gasteiger charge is 2.47. The molecular weight excluding hydrogens is 564 g/mol. The first-order valence-corrected chi connectivity index (χ1v) is 13.0. The van der Waals surface area contributed by atoms with Crippen molar-refractivity contribution >= 4 is 40.9 Å². The number of aromatic nitrogens is 3. The predicted molar refractivity (Wildman–Crippen MR) is 134 cm³/mol. The van der Waals surface area contributed by atoms with Crippen molar-refractivity contribution in [3.8, 4) is 0 Å². The first-order valence-electron chi connectivity index (χ1n) is 12.3. The summed E-state index contributed by atoms with van der Waals surface area (Å²) in [6.45, 7) is 3.68. The van der Waals surface area contributed by atoms with E-state index in [1.807, 2.05) is 0 Å². The normalized spacial score (nSPS) is 23.5. The molecule has 1 aliphatic carbocycles. The number of ketones is 1. The van der Waals surface area contributed by atoms with Crippen molar-refractivity contribution in [2.24, 2.45) is 10.8 Å². The van der Waals surface area contributed by atoms with Gasteiger partial charge in [0.2, 0.25) is 0 Å². The van der Waals surface area contributed by atoms with Crippen molar-refractivity contribution in [3.63, 3.8) is 0 Å². The van der Waals surface area contributed by atoms with Gasteiger partial charge in [0, 0.05) is 30.3 Å². The van der Waals surface area contributed by atoms with Gasteiger partial charge >= 0.3 is 12.1 Å². The second kappa shape index (κ2) is 10.7. The number of carboxylic acids is 1. The monoisotopic (exact) mass is 590 g/mol. The molecule has 1 saturated carbocycles. The second-order valence-corrected chi connectivity index (χ2v) is 11.5. The van der Waals surface area contributed by atoms with Crippen LogP contribution in [0.15, 0.2) is 18.6 Å². The minimum atomic E-state index is -4.91. The number of carbonyl (C=O) groups is 3. The number of carboxylic acid groups (broad SMARTS) is 1. The van der Waals surface area contributed by atoms with Crippen molar-refractivity contribution in [3.05, 3.63) is 45.5 Å². The Balaban J connectivity index is 1.60. The SMILES string of the molecule is CC1(C(=O)O)CCC(n2ncc(C(=O)NC(CC(=O)c3c(Cl)cncc3Cl)C3(C)COC3)c2C(F)(F)F)CC1. The largest absolute Gasteiger partial charge is 0.481 e. The van der Waals surface area contributed by atoms with Crippen LogP contribution in [0.5, 0.6) is 0 Å². The van der Waals surface area contributed by atoms with Gasteiger partial charge in [-0.3, -0.25) is 24.0 Å². The fourth-order valence-corrected chi connectivity index (χ4v) is 5.66. The number of nitrogens with one attached hydrogen (secondary N) is 1. The lowest BCUT2D eigenvalue weighted by Crippen LogP contribution is -2.57. The quantitative estimate of drug-likeness (QED) is 0.404. The third kappa shape index (κ3) is 5.78. The molecular formula is C25H27Cl2F3N4O5. The van der Waals surface area contributed by atoms with E-state index in [1.165, 1.54) is 12.4 Å². The summed E-state index contributed by atoms with van der Waals surface area (Å²) in [5, 5.41) is 16.0. The van der Waals surface area contributed by atoms with Crippen LogP contribution in [0.1, 0.15) is 78.4 Å². The molecule has 39 heavy (non-hydrogen) atoms. The van der Waals surface area contributed by atoms with E-state index in [0.717, 1.165) is 10.9 Å². The van der Waals surface area contributed by atoms with Crippen LogP contribution >= 0.6 is 23.2 Å². The van der Waals surface area contributed by atoms with Gasteiger partial charge < -0.3 is 15.2 Å². The van der Waals surface area contributed by atoms with Gasteiger partial charge in [-0.05, 0) is 32.6 Å². The minimum Gasteiger partial charge on any atom is -0.481 e. The van der Waals surface area contributed by atoms with Crippen LogP contribution in [0.3, 0.4) is 0 Å². The maximum Gasteiger partial charge on any atom is 0.433 e. The summed E-state index contributed by atoms with van der Waals surface area (Å²) in [7, 11) is 0. The molecule has 212 valence electrons. The number of Topliss-reactive ketones (excluding diaryl/α,β-unsaturated/α-hetero) is 1. The van der Waals surface area contributed by atoms with E-state index in [0.29, 0.717) is 0 Å². The highest BCUT2D eigenvalue weighted by molar-refractivity contribution is 6.39. The van der Waals surface area contributed by atoms with Gasteiger partial charge in [0.05, 0.1) is 52.0 Å². The molecule has 2 fully saturated rings. The average Bonchev–Trinajstić information content (AvgIpc) is 3.28. The topological polar surface area (TPSA) is 123 Å². The zero-order valence-corrected chi connectivity index (χ0v) is 22.7. The number of carbonyl (C=O) groups excluding carboxylic acids is 2. The molecule has 2 N–H and O–H groups in total. The van der Waals surface area contributed by atoms with Crippen LogP contribution in [-0.4, -0.2) is 56.8 Å². The predicted octanol–water partition coefficient (Wildman–Crippen LogP) is 5.22. The van der Waals surface area contributed by atoms with Gasteiger partial charge in [-0.25, -0.2) is 0 Å². The Bertz CT molecular complexity index is 1270. The van der Waals surface area contributed by atoms with E-state index >= 15 is 0 Å². The second-order valence-electron chi connectivity index (χ2n) is 10.7. The van der Waals surface area contributed by atoms with Crippen molar-refractivity contribution in [1.82, 2.24) is 20.1 Å². The van der Waals surface area contributed by atoms with Crippen LogP contribution in [0.25, 0.3) is 0 Å². The minimum absolute atomic E-state index is 0.00545. The fourth-order valence-electron chi connectivity index (χ4n) is 5.08. The summed E-state index contributed by atoms with van der Waals surface area (Å²) in [5.74, 6) is -2.56. The van der Waals surface area contributed by atoms with Crippen molar-refractivity contribution in [2.45, 2.75) is 64.2 Å². The molecule has 14 heteroatoms. The summed E-state index contributed by atoms with van der Waals surface area (Å²) in [5.41, 5.74) is -3.65. The molecule has 1 atom stereocenters. The number of pyridine rings is 1. The van der Waals surface area contributed by atoms with Crippen molar-refractivity contribution < 1.29 is 37.4 Å². The smallest absolute Gasteiger partial charge is 0.433 e. The van der Waals surface area contributed by atoms with Crippen LogP contribution in [0.4, 0.5) is 13.2 Å². The third-order valence-electron chi connectivity index (χ3n) is 7.76. The van der Waals surface area contributed by atoms with Gasteiger partial charge in [0.25, 0.3) is 5.91 Å². The standard InChI is InChI=1S/C25H27Cl2F3N4O5/c1-23(22(37)38)5-3-13(4-6-23)34-20(25(28,29)30)14(8-32-34)21(36)33-18(24(2)11-39-12-24)7-17(35)19-15(26)9-31-10-16(19)27/h8-10,13,18H,3-7,11-12H2,1-2H3,(H,33,36)(H,37,38). The molecule has 2 aliphatic rings. The van der Waals surface area contributed by atoms with Crippen LogP contribution < -0.4 is 5.32 Å². The lowest BCUT2D eigenvalue weighted by molar-refractivity contribution is -0.152. The van der Waals surface area contributed by atoms with Crippen molar-refractivity contribution in [1.29, 1.82) is 0 Å². The van der Waals surface area contributed by atoms with Crippen LogP contribution in [0, 0.1) is 10.8 Å². The first-order chi connectivity index (χ1) is 18.2. The Morgan fingerprint density at radius 3 is 2.23 bits per heavy atom. The van der Waals surface area contributed by atoms with E-state index in [9.17, 15) is 32.7 Å². The highest BCUT2D eigenvalue weighted by atomic mass is 35.5. The molecule has 1 unspecified atom stereocenters. The summed E-state index contributed by atoms with van der Waals surface area (Å²) < 4.78 is 48.8. The molecule has 0 aromatic carbocycles. The van der Waals surface area contributed by atoms with E-state index in [1.54, 1.807) is 13.8 Å². The van der Waals surface area contributed by atoms with E-state index in [2.05, 4.69) is 15.4 Å². The zero-order chi connectivity index (χ0) is 28.8. The van der Waals surface area contributed by atoms with Gasteiger partial charge in [0.1, 0.15) is 0 Å². The van der Waals surface area contributed by atoms with E-state index < -0.39 is 58.0 Å². The first kappa shape index (κ1) is 29.3.